The Balaban J connectivity index is 2.21. The van der Waals surface area contributed by atoms with Crippen LogP contribution in [0.2, 0.25) is 0 Å². The van der Waals surface area contributed by atoms with Crippen molar-refractivity contribution in [3.05, 3.63) is 26.4 Å². The van der Waals surface area contributed by atoms with E-state index in [0.717, 1.165) is 19.6 Å². The van der Waals surface area contributed by atoms with Crippen molar-refractivity contribution < 1.29 is 5.11 Å². The van der Waals surface area contributed by atoms with E-state index in [4.69, 9.17) is 0 Å². The molecule has 18 heavy (non-hydrogen) atoms. The van der Waals surface area contributed by atoms with Gasteiger partial charge in [-0.1, -0.05) is 6.92 Å². The Morgan fingerprint density at radius 1 is 1.22 bits per heavy atom. The highest BCUT2D eigenvalue weighted by Crippen LogP contribution is 2.11. The van der Waals surface area contributed by atoms with Crippen LogP contribution in [0.25, 0.3) is 0 Å². The van der Waals surface area contributed by atoms with Crippen LogP contribution in [0.3, 0.4) is 0 Å². The van der Waals surface area contributed by atoms with Gasteiger partial charge in [-0.2, -0.15) is 0 Å². The molecule has 1 aromatic heterocycles. The summed E-state index contributed by atoms with van der Waals surface area (Å²) < 4.78 is 1.25. The number of aromatic nitrogens is 2. The van der Waals surface area contributed by atoms with Crippen molar-refractivity contribution in [2.75, 3.05) is 19.6 Å². The lowest BCUT2D eigenvalue weighted by molar-refractivity contribution is 0.303. The molecule has 1 aliphatic heterocycles. The summed E-state index contributed by atoms with van der Waals surface area (Å²) in [5, 5.41) is 9.95. The molecule has 0 aliphatic carbocycles. The molecular formula is C12H19N3O3. The van der Waals surface area contributed by atoms with E-state index in [9.17, 15) is 14.7 Å². The van der Waals surface area contributed by atoms with E-state index < -0.39 is 11.2 Å². The molecular weight excluding hydrogens is 234 g/mol. The van der Waals surface area contributed by atoms with E-state index in [1.807, 2.05) is 0 Å². The first-order valence-corrected chi connectivity index (χ1v) is 6.40. The summed E-state index contributed by atoms with van der Waals surface area (Å²) in [5.41, 5.74) is -0.748. The molecule has 0 saturated carbocycles. The van der Waals surface area contributed by atoms with Crippen LogP contribution in [0.15, 0.2) is 9.59 Å². The molecule has 0 bridgehead atoms. The Labute approximate surface area is 105 Å². The second-order valence-corrected chi connectivity index (χ2v) is 4.62. The minimum absolute atomic E-state index is 0.189. The smallest absolute Gasteiger partial charge is 0.331 e. The van der Waals surface area contributed by atoms with Gasteiger partial charge in [0.25, 0.3) is 5.56 Å². The molecule has 100 valence electrons. The van der Waals surface area contributed by atoms with Crippen molar-refractivity contribution in [2.24, 2.45) is 0 Å². The maximum Gasteiger partial charge on any atom is 0.331 e. The Kier molecular flexibility index (Phi) is 3.86. The standard InChI is InChI=1S/C12H19N3O3/c1-2-9-10(16)13-12(18)15(11(9)17)8-7-14-5-3-4-6-14/h17H,2-8H2,1H3,(H,13,16,18). The molecule has 1 fully saturated rings. The third-order valence-corrected chi connectivity index (χ3v) is 3.46. The summed E-state index contributed by atoms with van der Waals surface area (Å²) in [5.74, 6) is -0.189. The van der Waals surface area contributed by atoms with Gasteiger partial charge in [-0.25, -0.2) is 4.79 Å². The number of aromatic amines is 1. The summed E-state index contributed by atoms with van der Waals surface area (Å²) in [6, 6.07) is 0. The SMILES string of the molecule is CCc1c(O)n(CCN2CCCC2)c(=O)[nH]c1=O. The summed E-state index contributed by atoms with van der Waals surface area (Å²) in [4.78, 5) is 27.6. The van der Waals surface area contributed by atoms with Crippen LogP contribution in [-0.4, -0.2) is 39.2 Å². The summed E-state index contributed by atoms with van der Waals surface area (Å²) in [6.45, 7) is 5.00. The molecule has 0 atom stereocenters. The van der Waals surface area contributed by atoms with Crippen molar-refractivity contribution in [2.45, 2.75) is 32.7 Å². The van der Waals surface area contributed by atoms with Crippen molar-refractivity contribution in [3.63, 3.8) is 0 Å². The van der Waals surface area contributed by atoms with Gasteiger partial charge in [-0.05, 0) is 32.4 Å². The van der Waals surface area contributed by atoms with Crippen LogP contribution >= 0.6 is 0 Å². The number of likely N-dealkylation sites (tertiary alicyclic amines) is 1. The average Bonchev–Trinajstić information content (AvgIpc) is 2.81. The second kappa shape index (κ2) is 5.39. The molecule has 1 aliphatic rings. The maximum atomic E-state index is 11.7. The zero-order valence-corrected chi connectivity index (χ0v) is 10.6. The first-order chi connectivity index (χ1) is 8.63. The Morgan fingerprint density at radius 2 is 1.89 bits per heavy atom. The lowest BCUT2D eigenvalue weighted by atomic mass is 10.2. The van der Waals surface area contributed by atoms with Crippen LogP contribution in [-0.2, 0) is 13.0 Å². The maximum absolute atomic E-state index is 11.7. The zero-order valence-electron chi connectivity index (χ0n) is 10.6. The van der Waals surface area contributed by atoms with E-state index >= 15 is 0 Å². The highest BCUT2D eigenvalue weighted by atomic mass is 16.3. The van der Waals surface area contributed by atoms with Gasteiger partial charge in [0.05, 0.1) is 5.56 Å². The molecule has 6 nitrogen and oxygen atoms in total. The van der Waals surface area contributed by atoms with Gasteiger partial charge in [0.15, 0.2) is 0 Å². The molecule has 0 unspecified atom stereocenters. The molecule has 6 heteroatoms. The van der Waals surface area contributed by atoms with Gasteiger partial charge < -0.3 is 10.0 Å². The number of H-pyrrole nitrogens is 1. The van der Waals surface area contributed by atoms with E-state index in [-0.39, 0.29) is 11.4 Å². The minimum atomic E-state index is -0.533. The third kappa shape index (κ3) is 2.48. The average molecular weight is 253 g/mol. The second-order valence-electron chi connectivity index (χ2n) is 4.62. The molecule has 0 radical (unpaired) electrons. The number of hydrogen-bond acceptors (Lipinski definition) is 4. The van der Waals surface area contributed by atoms with Crippen LogP contribution in [0.1, 0.15) is 25.3 Å². The van der Waals surface area contributed by atoms with Gasteiger partial charge in [0.1, 0.15) is 0 Å². The van der Waals surface area contributed by atoms with Crippen molar-refractivity contribution in [3.8, 4) is 5.88 Å². The fourth-order valence-electron chi connectivity index (χ4n) is 2.37. The van der Waals surface area contributed by atoms with E-state index in [1.165, 1.54) is 17.4 Å². The topological polar surface area (TPSA) is 78.3 Å². The summed E-state index contributed by atoms with van der Waals surface area (Å²) in [6.07, 6.45) is 2.78. The van der Waals surface area contributed by atoms with Crippen molar-refractivity contribution in [1.82, 2.24) is 14.5 Å². The summed E-state index contributed by atoms with van der Waals surface area (Å²) in [7, 11) is 0. The fourth-order valence-corrected chi connectivity index (χ4v) is 2.37. The Bertz CT molecular complexity index is 526. The molecule has 1 saturated heterocycles. The minimum Gasteiger partial charge on any atom is -0.494 e. The van der Waals surface area contributed by atoms with Gasteiger partial charge in [0, 0.05) is 13.1 Å². The Morgan fingerprint density at radius 3 is 2.50 bits per heavy atom. The molecule has 2 heterocycles. The van der Waals surface area contributed by atoms with Crippen molar-refractivity contribution >= 4 is 0 Å². The first-order valence-electron chi connectivity index (χ1n) is 6.40. The van der Waals surface area contributed by atoms with Gasteiger partial charge in [0.2, 0.25) is 5.88 Å². The Hall–Kier alpha value is -1.56. The lowest BCUT2D eigenvalue weighted by Crippen LogP contribution is -2.35. The number of rotatable bonds is 4. The van der Waals surface area contributed by atoms with Gasteiger partial charge in [-0.3, -0.25) is 14.3 Å². The molecule has 2 rings (SSSR count). The normalized spacial score (nSPS) is 16.3. The number of nitrogens with one attached hydrogen (secondary N) is 1. The molecule has 1 aromatic rings. The highest BCUT2D eigenvalue weighted by molar-refractivity contribution is 5.22. The first kappa shape index (κ1) is 12.9. The molecule has 0 spiro atoms. The third-order valence-electron chi connectivity index (χ3n) is 3.46. The molecule has 0 aromatic carbocycles. The van der Waals surface area contributed by atoms with Crippen molar-refractivity contribution in [1.29, 1.82) is 0 Å². The van der Waals surface area contributed by atoms with E-state index in [1.54, 1.807) is 6.92 Å². The summed E-state index contributed by atoms with van der Waals surface area (Å²) >= 11 is 0. The van der Waals surface area contributed by atoms with Gasteiger partial charge in [-0.15, -0.1) is 0 Å². The zero-order chi connectivity index (χ0) is 13.1. The largest absolute Gasteiger partial charge is 0.494 e. The highest BCUT2D eigenvalue weighted by Gasteiger charge is 2.15. The molecule has 2 N–H and O–H groups in total. The van der Waals surface area contributed by atoms with E-state index in [0.29, 0.717) is 13.0 Å². The predicted octanol–water partition coefficient (Wildman–Crippen LogP) is -0.0996. The number of aromatic hydroxyl groups is 1. The van der Waals surface area contributed by atoms with Crippen LogP contribution in [0.4, 0.5) is 0 Å². The fraction of sp³-hybridized carbons (Fsp3) is 0.667. The van der Waals surface area contributed by atoms with Crippen LogP contribution in [0, 0.1) is 0 Å². The molecule has 0 amide bonds. The number of hydrogen-bond donors (Lipinski definition) is 2. The predicted molar refractivity (Wildman–Crippen MR) is 68.0 cm³/mol. The van der Waals surface area contributed by atoms with E-state index in [2.05, 4.69) is 9.88 Å². The van der Waals surface area contributed by atoms with Crippen LogP contribution in [0.5, 0.6) is 5.88 Å². The van der Waals surface area contributed by atoms with Crippen LogP contribution < -0.4 is 11.2 Å². The quantitative estimate of drug-likeness (QED) is 0.785. The number of nitrogens with zero attached hydrogens (tertiary/aromatic N) is 2. The van der Waals surface area contributed by atoms with Gasteiger partial charge >= 0.3 is 5.69 Å². The monoisotopic (exact) mass is 253 g/mol. The lowest BCUT2D eigenvalue weighted by Gasteiger charge is -2.16.